The monoisotopic (exact) mass is 522 g/mol. The molecule has 0 saturated heterocycles. The number of primary amides is 1. The quantitative estimate of drug-likeness (QED) is 0.349. The van der Waals surface area contributed by atoms with Crippen LogP contribution in [-0.2, 0) is 19.6 Å². The SMILES string of the molecule is Cc1c(NC(=O)C=CC(=O)O)cccc1-c1ccc(C(N)=O)c2[nH]c(C3=CCN(S(C)(=O)=O)CC3)cc12. The highest BCUT2D eigenvalue weighted by molar-refractivity contribution is 7.88. The molecule has 1 aliphatic rings. The molecule has 0 atom stereocenters. The Balaban J connectivity index is 1.78. The van der Waals surface area contributed by atoms with Crippen molar-refractivity contribution in [1.29, 1.82) is 0 Å². The highest BCUT2D eigenvalue weighted by Gasteiger charge is 2.23. The molecule has 0 aliphatic carbocycles. The molecule has 2 heterocycles. The number of carbonyl (C=O) groups is 3. The van der Waals surface area contributed by atoms with Crippen molar-refractivity contribution in [3.8, 4) is 11.1 Å². The minimum Gasteiger partial charge on any atom is -0.478 e. The number of hydrogen-bond acceptors (Lipinski definition) is 5. The van der Waals surface area contributed by atoms with Crippen molar-refractivity contribution in [3.63, 3.8) is 0 Å². The largest absolute Gasteiger partial charge is 0.478 e. The molecule has 4 rings (SSSR count). The van der Waals surface area contributed by atoms with Gasteiger partial charge in [-0.2, -0.15) is 4.31 Å². The van der Waals surface area contributed by atoms with E-state index in [4.69, 9.17) is 10.8 Å². The number of amides is 2. The maximum absolute atomic E-state index is 12.2. The maximum atomic E-state index is 12.2. The Bertz CT molecular complexity index is 1600. The number of anilines is 1. The van der Waals surface area contributed by atoms with E-state index >= 15 is 0 Å². The summed E-state index contributed by atoms with van der Waals surface area (Å²) in [7, 11) is -3.29. The van der Waals surface area contributed by atoms with Gasteiger partial charge in [-0.3, -0.25) is 9.59 Å². The van der Waals surface area contributed by atoms with Crippen LogP contribution in [0.2, 0.25) is 0 Å². The number of nitrogens with two attached hydrogens (primary N) is 1. The van der Waals surface area contributed by atoms with Gasteiger partial charge in [0.1, 0.15) is 0 Å². The number of nitrogens with one attached hydrogen (secondary N) is 2. The number of rotatable bonds is 7. The molecular weight excluding hydrogens is 496 g/mol. The van der Waals surface area contributed by atoms with Gasteiger partial charge in [-0.25, -0.2) is 13.2 Å². The number of sulfonamides is 1. The van der Waals surface area contributed by atoms with Crippen LogP contribution in [0.15, 0.2) is 54.6 Å². The first-order chi connectivity index (χ1) is 17.5. The number of benzene rings is 2. The molecule has 0 unspecified atom stereocenters. The normalized spacial score (nSPS) is 14.6. The molecule has 0 radical (unpaired) electrons. The van der Waals surface area contributed by atoms with Crippen LogP contribution >= 0.6 is 0 Å². The number of aromatic amines is 1. The van der Waals surface area contributed by atoms with E-state index in [1.165, 1.54) is 10.6 Å². The highest BCUT2D eigenvalue weighted by atomic mass is 32.2. The van der Waals surface area contributed by atoms with Crippen LogP contribution < -0.4 is 11.1 Å². The highest BCUT2D eigenvalue weighted by Crippen LogP contribution is 2.37. The molecule has 0 fully saturated rings. The molecule has 2 aromatic carbocycles. The van der Waals surface area contributed by atoms with Crippen LogP contribution in [-0.4, -0.2) is 59.9 Å². The number of carboxylic acids is 1. The van der Waals surface area contributed by atoms with Crippen molar-refractivity contribution in [1.82, 2.24) is 9.29 Å². The predicted molar refractivity (Wildman–Crippen MR) is 141 cm³/mol. The summed E-state index contributed by atoms with van der Waals surface area (Å²) in [6.45, 7) is 2.44. The van der Waals surface area contributed by atoms with Gasteiger partial charge in [-0.05, 0) is 53.8 Å². The average molecular weight is 523 g/mol. The summed E-state index contributed by atoms with van der Waals surface area (Å²) in [4.78, 5) is 38.3. The standard InChI is InChI=1S/C26H26N4O6S/c1-15-17(4-3-5-21(15)28-23(31)8-9-24(32)33)18-6-7-19(26(27)34)25-20(18)14-22(29-25)16-10-12-30(13-11-16)37(2,35)36/h3-10,14,29H,11-13H2,1-2H3,(H2,27,34)(H,28,31)(H,32,33). The maximum Gasteiger partial charge on any atom is 0.328 e. The van der Waals surface area contributed by atoms with Crippen molar-refractivity contribution in [2.24, 2.45) is 5.73 Å². The van der Waals surface area contributed by atoms with Crippen LogP contribution in [0.5, 0.6) is 0 Å². The van der Waals surface area contributed by atoms with E-state index in [0.717, 1.165) is 45.5 Å². The first-order valence-electron chi connectivity index (χ1n) is 11.4. The topological polar surface area (TPSA) is 163 Å². The molecule has 11 heteroatoms. The number of H-pyrrole nitrogens is 1. The molecule has 1 aromatic heterocycles. The summed E-state index contributed by atoms with van der Waals surface area (Å²) < 4.78 is 25.1. The Morgan fingerprint density at radius 2 is 1.89 bits per heavy atom. The zero-order chi connectivity index (χ0) is 26.9. The molecule has 1 aliphatic heterocycles. The molecule has 192 valence electrons. The fraction of sp³-hybridized carbons (Fsp3) is 0.192. The van der Waals surface area contributed by atoms with Crippen molar-refractivity contribution in [2.75, 3.05) is 24.7 Å². The minimum atomic E-state index is -3.29. The molecule has 5 N–H and O–H groups in total. The molecule has 0 saturated carbocycles. The Kier molecular flexibility index (Phi) is 7.01. The van der Waals surface area contributed by atoms with Gasteiger partial charge in [-0.1, -0.05) is 24.3 Å². The van der Waals surface area contributed by atoms with Gasteiger partial charge in [0, 0.05) is 42.0 Å². The summed E-state index contributed by atoms with van der Waals surface area (Å²) in [5.41, 5.74) is 11.1. The van der Waals surface area contributed by atoms with Crippen molar-refractivity contribution < 1.29 is 27.9 Å². The molecule has 3 aromatic rings. The third-order valence-corrected chi connectivity index (χ3v) is 7.57. The van der Waals surface area contributed by atoms with Gasteiger partial charge >= 0.3 is 5.97 Å². The van der Waals surface area contributed by atoms with Crippen LogP contribution in [0.25, 0.3) is 27.6 Å². The smallest absolute Gasteiger partial charge is 0.328 e. The second kappa shape index (κ2) is 10.0. The van der Waals surface area contributed by atoms with Gasteiger partial charge in [0.05, 0.1) is 17.3 Å². The van der Waals surface area contributed by atoms with E-state index in [2.05, 4.69) is 10.3 Å². The second-order valence-electron chi connectivity index (χ2n) is 8.74. The van der Waals surface area contributed by atoms with Gasteiger partial charge in [0.15, 0.2) is 0 Å². The van der Waals surface area contributed by atoms with E-state index in [1.54, 1.807) is 24.3 Å². The Morgan fingerprint density at radius 3 is 2.51 bits per heavy atom. The molecule has 2 amide bonds. The number of hydrogen-bond donors (Lipinski definition) is 4. The third-order valence-electron chi connectivity index (χ3n) is 6.31. The zero-order valence-corrected chi connectivity index (χ0v) is 21.1. The number of nitrogens with zero attached hydrogens (tertiary/aromatic N) is 1. The summed E-state index contributed by atoms with van der Waals surface area (Å²) in [5, 5.41) is 12.2. The van der Waals surface area contributed by atoms with Gasteiger partial charge in [0.2, 0.25) is 15.9 Å². The summed E-state index contributed by atoms with van der Waals surface area (Å²) in [6, 6.07) is 10.7. The second-order valence-corrected chi connectivity index (χ2v) is 10.7. The lowest BCUT2D eigenvalue weighted by Gasteiger charge is -2.23. The number of carbonyl (C=O) groups excluding carboxylic acids is 2. The molecular formula is C26H26N4O6S. The number of aliphatic carboxylic acids is 1. The fourth-order valence-electron chi connectivity index (χ4n) is 4.41. The van der Waals surface area contributed by atoms with Gasteiger partial charge in [-0.15, -0.1) is 0 Å². The molecule has 10 nitrogen and oxygen atoms in total. The summed E-state index contributed by atoms with van der Waals surface area (Å²) in [5.74, 6) is -2.39. The van der Waals surface area contributed by atoms with E-state index in [1.807, 2.05) is 25.1 Å². The zero-order valence-electron chi connectivity index (χ0n) is 20.2. The van der Waals surface area contributed by atoms with Gasteiger partial charge < -0.3 is 21.1 Å². The van der Waals surface area contributed by atoms with Crippen molar-refractivity contribution in [2.45, 2.75) is 13.3 Å². The minimum absolute atomic E-state index is 0.260. The van der Waals surface area contributed by atoms with Crippen molar-refractivity contribution in [3.05, 3.63) is 71.4 Å². The van der Waals surface area contributed by atoms with E-state index in [-0.39, 0.29) is 6.54 Å². The van der Waals surface area contributed by atoms with Crippen LogP contribution in [0, 0.1) is 6.92 Å². The lowest BCUT2D eigenvalue weighted by molar-refractivity contribution is -0.131. The van der Waals surface area contributed by atoms with Crippen molar-refractivity contribution >= 4 is 50.0 Å². The van der Waals surface area contributed by atoms with Crippen LogP contribution in [0.4, 0.5) is 5.69 Å². The summed E-state index contributed by atoms with van der Waals surface area (Å²) in [6.07, 6.45) is 5.24. The van der Waals surface area contributed by atoms with E-state index in [9.17, 15) is 22.8 Å². The molecule has 0 bridgehead atoms. The number of aromatic nitrogens is 1. The molecule has 0 spiro atoms. The first kappa shape index (κ1) is 25.9. The number of carboxylic acid groups (broad SMARTS) is 1. The lowest BCUT2D eigenvalue weighted by Crippen LogP contribution is -2.33. The Labute approximate surface area is 213 Å². The summed E-state index contributed by atoms with van der Waals surface area (Å²) >= 11 is 0. The fourth-order valence-corrected chi connectivity index (χ4v) is 5.18. The Morgan fingerprint density at radius 1 is 1.14 bits per heavy atom. The Hall–Kier alpha value is -4.22. The first-order valence-corrected chi connectivity index (χ1v) is 13.2. The molecule has 37 heavy (non-hydrogen) atoms. The van der Waals surface area contributed by atoms with Crippen LogP contribution in [0.3, 0.4) is 0 Å². The van der Waals surface area contributed by atoms with Gasteiger partial charge in [0.25, 0.3) is 5.91 Å². The number of fused-ring (bicyclic) bond motifs is 1. The average Bonchev–Trinajstić information content (AvgIpc) is 3.28. The lowest BCUT2D eigenvalue weighted by atomic mass is 9.94. The van der Waals surface area contributed by atoms with Crippen LogP contribution in [0.1, 0.15) is 28.0 Å². The predicted octanol–water partition coefficient (Wildman–Crippen LogP) is 2.87. The van der Waals surface area contributed by atoms with E-state index < -0.39 is 27.8 Å². The van der Waals surface area contributed by atoms with E-state index in [0.29, 0.717) is 29.7 Å². The third kappa shape index (κ3) is 5.47.